The van der Waals surface area contributed by atoms with Gasteiger partial charge in [0.25, 0.3) is 5.69 Å². The minimum absolute atomic E-state index is 0.0575. The van der Waals surface area contributed by atoms with E-state index >= 15 is 0 Å². The highest BCUT2D eigenvalue weighted by atomic mass is 16.6. The molecule has 0 aliphatic rings. The van der Waals surface area contributed by atoms with Crippen LogP contribution in [0.3, 0.4) is 0 Å². The molecule has 0 radical (unpaired) electrons. The SMILES string of the molecule is Cc1ccn2c(C(C)CN)c(-c3cccc([N+](=O)[O-])c3)nc2c1. The normalized spacial score (nSPS) is 12.5. The van der Waals surface area contributed by atoms with Crippen LogP contribution >= 0.6 is 0 Å². The van der Waals surface area contributed by atoms with E-state index in [1.807, 2.05) is 42.6 Å². The molecule has 3 aromatic rings. The summed E-state index contributed by atoms with van der Waals surface area (Å²) in [7, 11) is 0. The first-order chi connectivity index (χ1) is 11.0. The number of nitro benzene ring substituents is 1. The number of rotatable bonds is 4. The van der Waals surface area contributed by atoms with Gasteiger partial charge in [0, 0.05) is 36.4 Å². The molecule has 2 aromatic heterocycles. The van der Waals surface area contributed by atoms with Crippen LogP contribution in [0.4, 0.5) is 5.69 Å². The molecule has 0 fully saturated rings. The summed E-state index contributed by atoms with van der Waals surface area (Å²) >= 11 is 0. The van der Waals surface area contributed by atoms with Gasteiger partial charge in [0.05, 0.1) is 16.3 Å². The Morgan fingerprint density at radius 2 is 2.13 bits per heavy atom. The van der Waals surface area contributed by atoms with E-state index in [1.165, 1.54) is 6.07 Å². The largest absolute Gasteiger partial charge is 0.330 e. The van der Waals surface area contributed by atoms with Gasteiger partial charge in [-0.2, -0.15) is 0 Å². The Labute approximate surface area is 133 Å². The third-order valence-corrected chi connectivity index (χ3v) is 3.97. The maximum atomic E-state index is 11.0. The van der Waals surface area contributed by atoms with Crippen LogP contribution < -0.4 is 5.73 Å². The molecule has 1 aromatic carbocycles. The summed E-state index contributed by atoms with van der Waals surface area (Å²) in [5.74, 6) is 0.0852. The summed E-state index contributed by atoms with van der Waals surface area (Å²) < 4.78 is 2.01. The lowest BCUT2D eigenvalue weighted by Crippen LogP contribution is -2.12. The van der Waals surface area contributed by atoms with Crippen molar-refractivity contribution in [3.63, 3.8) is 0 Å². The zero-order valence-corrected chi connectivity index (χ0v) is 13.1. The summed E-state index contributed by atoms with van der Waals surface area (Å²) in [5.41, 5.74) is 10.3. The van der Waals surface area contributed by atoms with Gasteiger partial charge < -0.3 is 10.1 Å². The van der Waals surface area contributed by atoms with Crippen molar-refractivity contribution >= 4 is 11.3 Å². The molecule has 0 amide bonds. The first-order valence-corrected chi connectivity index (χ1v) is 7.44. The van der Waals surface area contributed by atoms with Crippen LogP contribution in [0.25, 0.3) is 16.9 Å². The number of pyridine rings is 1. The lowest BCUT2D eigenvalue weighted by atomic mass is 10.0. The number of fused-ring (bicyclic) bond motifs is 1. The number of imidazole rings is 1. The number of non-ortho nitro benzene ring substituents is 1. The second-order valence-corrected chi connectivity index (χ2v) is 5.72. The Kier molecular flexibility index (Phi) is 3.83. The molecule has 1 unspecified atom stereocenters. The number of aryl methyl sites for hydroxylation is 1. The Hall–Kier alpha value is -2.73. The number of benzene rings is 1. The molecule has 0 saturated carbocycles. The predicted octanol–water partition coefficient (Wildman–Crippen LogP) is 3.28. The summed E-state index contributed by atoms with van der Waals surface area (Å²) in [6.45, 7) is 4.52. The van der Waals surface area contributed by atoms with Gasteiger partial charge >= 0.3 is 0 Å². The maximum absolute atomic E-state index is 11.0. The average Bonchev–Trinajstić information content (AvgIpc) is 2.92. The van der Waals surface area contributed by atoms with Gasteiger partial charge in [-0.15, -0.1) is 0 Å². The van der Waals surface area contributed by atoms with Crippen molar-refractivity contribution in [1.82, 2.24) is 9.38 Å². The van der Waals surface area contributed by atoms with Gasteiger partial charge in [0.2, 0.25) is 0 Å². The van der Waals surface area contributed by atoms with Crippen LogP contribution in [-0.2, 0) is 0 Å². The minimum Gasteiger partial charge on any atom is -0.330 e. The minimum atomic E-state index is -0.393. The lowest BCUT2D eigenvalue weighted by Gasteiger charge is -2.11. The Morgan fingerprint density at radius 3 is 2.83 bits per heavy atom. The van der Waals surface area contributed by atoms with Gasteiger partial charge in [-0.05, 0) is 24.6 Å². The highest BCUT2D eigenvalue weighted by Crippen LogP contribution is 2.31. The van der Waals surface area contributed by atoms with Crippen molar-refractivity contribution in [2.24, 2.45) is 5.73 Å². The number of hydrogen-bond acceptors (Lipinski definition) is 4. The molecule has 2 heterocycles. The number of hydrogen-bond donors (Lipinski definition) is 1. The van der Waals surface area contributed by atoms with Crippen molar-refractivity contribution in [3.8, 4) is 11.3 Å². The summed E-state index contributed by atoms with van der Waals surface area (Å²) in [4.78, 5) is 15.3. The van der Waals surface area contributed by atoms with Crippen molar-refractivity contribution < 1.29 is 4.92 Å². The molecule has 118 valence electrons. The van der Waals surface area contributed by atoms with Gasteiger partial charge in [-0.3, -0.25) is 10.1 Å². The second-order valence-electron chi connectivity index (χ2n) is 5.72. The van der Waals surface area contributed by atoms with E-state index in [9.17, 15) is 10.1 Å². The first kappa shape index (κ1) is 15.2. The topological polar surface area (TPSA) is 86.5 Å². The number of nitro groups is 1. The molecule has 0 aliphatic carbocycles. The summed E-state index contributed by atoms with van der Waals surface area (Å²) in [6, 6.07) is 10.6. The van der Waals surface area contributed by atoms with Crippen LogP contribution in [-0.4, -0.2) is 20.9 Å². The van der Waals surface area contributed by atoms with Gasteiger partial charge in [0.15, 0.2) is 0 Å². The molecule has 3 rings (SSSR count). The number of nitrogens with two attached hydrogens (primary N) is 1. The van der Waals surface area contributed by atoms with Crippen molar-refractivity contribution in [2.75, 3.05) is 6.54 Å². The van der Waals surface area contributed by atoms with E-state index in [1.54, 1.807) is 12.1 Å². The second kappa shape index (κ2) is 5.81. The number of aromatic nitrogens is 2. The van der Waals surface area contributed by atoms with Crippen molar-refractivity contribution in [3.05, 3.63) is 64.0 Å². The quantitative estimate of drug-likeness (QED) is 0.592. The molecule has 6 nitrogen and oxygen atoms in total. The standard InChI is InChI=1S/C17H18N4O2/c1-11-6-7-20-15(8-11)19-16(17(20)12(2)10-18)13-4-3-5-14(9-13)21(22)23/h3-9,12H,10,18H2,1-2H3. The fraction of sp³-hybridized carbons (Fsp3) is 0.235. The molecule has 6 heteroatoms. The van der Waals surface area contributed by atoms with Gasteiger partial charge in [-0.1, -0.05) is 19.1 Å². The molecule has 0 aliphatic heterocycles. The van der Waals surface area contributed by atoms with E-state index in [-0.39, 0.29) is 11.6 Å². The predicted molar refractivity (Wildman–Crippen MR) is 89.5 cm³/mol. The average molecular weight is 310 g/mol. The monoisotopic (exact) mass is 310 g/mol. The first-order valence-electron chi connectivity index (χ1n) is 7.44. The van der Waals surface area contributed by atoms with E-state index < -0.39 is 4.92 Å². The Morgan fingerprint density at radius 1 is 1.35 bits per heavy atom. The van der Waals surface area contributed by atoms with Crippen LogP contribution in [0, 0.1) is 17.0 Å². The molecular formula is C17H18N4O2. The van der Waals surface area contributed by atoms with E-state index in [0.29, 0.717) is 6.54 Å². The van der Waals surface area contributed by atoms with Crippen LogP contribution in [0.2, 0.25) is 0 Å². The zero-order valence-electron chi connectivity index (χ0n) is 13.1. The van der Waals surface area contributed by atoms with E-state index in [2.05, 4.69) is 0 Å². The van der Waals surface area contributed by atoms with Gasteiger partial charge in [-0.25, -0.2) is 4.98 Å². The smallest absolute Gasteiger partial charge is 0.270 e. The summed E-state index contributed by atoms with van der Waals surface area (Å²) in [5, 5.41) is 11.0. The van der Waals surface area contributed by atoms with Crippen LogP contribution in [0.15, 0.2) is 42.6 Å². The molecule has 23 heavy (non-hydrogen) atoms. The van der Waals surface area contributed by atoms with Crippen LogP contribution in [0.5, 0.6) is 0 Å². The third-order valence-electron chi connectivity index (χ3n) is 3.97. The van der Waals surface area contributed by atoms with Crippen LogP contribution in [0.1, 0.15) is 24.1 Å². The molecular weight excluding hydrogens is 292 g/mol. The van der Waals surface area contributed by atoms with Crippen molar-refractivity contribution in [1.29, 1.82) is 0 Å². The van der Waals surface area contributed by atoms with E-state index in [0.717, 1.165) is 28.2 Å². The van der Waals surface area contributed by atoms with Crippen molar-refractivity contribution in [2.45, 2.75) is 19.8 Å². The molecule has 0 bridgehead atoms. The molecule has 2 N–H and O–H groups in total. The summed E-state index contributed by atoms with van der Waals surface area (Å²) in [6.07, 6.45) is 1.97. The Balaban J connectivity index is 2.27. The highest BCUT2D eigenvalue weighted by Gasteiger charge is 2.20. The fourth-order valence-corrected chi connectivity index (χ4v) is 2.73. The molecule has 0 saturated heterocycles. The van der Waals surface area contributed by atoms with Gasteiger partial charge in [0.1, 0.15) is 5.65 Å². The lowest BCUT2D eigenvalue weighted by molar-refractivity contribution is -0.384. The third kappa shape index (κ3) is 2.68. The van der Waals surface area contributed by atoms with E-state index in [4.69, 9.17) is 10.7 Å². The zero-order chi connectivity index (χ0) is 16.6. The fourth-order valence-electron chi connectivity index (χ4n) is 2.73. The molecule has 0 spiro atoms. The number of nitrogens with zero attached hydrogens (tertiary/aromatic N) is 3. The molecule has 1 atom stereocenters. The maximum Gasteiger partial charge on any atom is 0.270 e. The highest BCUT2D eigenvalue weighted by molar-refractivity contribution is 5.69. The Bertz CT molecular complexity index is 885.